The summed E-state index contributed by atoms with van der Waals surface area (Å²) in [6.07, 6.45) is 3.80. The maximum Gasteiger partial charge on any atom is 0.148 e. The molecule has 2 aliphatic rings. The van der Waals surface area contributed by atoms with Crippen molar-refractivity contribution in [3.05, 3.63) is 24.0 Å². The molecular weight excluding hydrogens is 241 g/mol. The van der Waals surface area contributed by atoms with Crippen LogP contribution in [0.15, 0.2) is 18.2 Å². The van der Waals surface area contributed by atoms with Crippen LogP contribution in [0.5, 0.6) is 0 Å². The SMILES string of the molecule is C[C@H]1CCCN1[C@@H]1CCN(c2ccc(N)c(F)c2)C1. The van der Waals surface area contributed by atoms with Crippen LogP contribution in [-0.4, -0.2) is 36.6 Å². The van der Waals surface area contributed by atoms with Gasteiger partial charge in [-0.05, 0) is 50.9 Å². The molecule has 3 nitrogen and oxygen atoms in total. The fraction of sp³-hybridized carbons (Fsp3) is 0.600. The Hall–Kier alpha value is -1.29. The molecule has 19 heavy (non-hydrogen) atoms. The summed E-state index contributed by atoms with van der Waals surface area (Å²) in [6, 6.07) is 6.47. The van der Waals surface area contributed by atoms with Crippen molar-refractivity contribution >= 4 is 11.4 Å². The summed E-state index contributed by atoms with van der Waals surface area (Å²) in [5.74, 6) is -0.310. The number of likely N-dealkylation sites (tertiary alicyclic amines) is 1. The van der Waals surface area contributed by atoms with Crippen LogP contribution in [0.1, 0.15) is 26.2 Å². The summed E-state index contributed by atoms with van der Waals surface area (Å²) >= 11 is 0. The van der Waals surface area contributed by atoms with Crippen LogP contribution in [0.3, 0.4) is 0 Å². The van der Waals surface area contributed by atoms with E-state index in [0.29, 0.717) is 12.1 Å². The lowest BCUT2D eigenvalue weighted by Gasteiger charge is -2.28. The molecule has 2 heterocycles. The van der Waals surface area contributed by atoms with E-state index in [2.05, 4.69) is 16.7 Å². The Labute approximate surface area is 114 Å². The van der Waals surface area contributed by atoms with Crippen molar-refractivity contribution in [1.29, 1.82) is 0 Å². The van der Waals surface area contributed by atoms with Gasteiger partial charge in [0.1, 0.15) is 5.82 Å². The van der Waals surface area contributed by atoms with E-state index < -0.39 is 0 Å². The highest BCUT2D eigenvalue weighted by atomic mass is 19.1. The number of hydrogen-bond donors (Lipinski definition) is 1. The first-order valence-corrected chi connectivity index (χ1v) is 7.21. The smallest absolute Gasteiger partial charge is 0.148 e. The van der Waals surface area contributed by atoms with E-state index in [4.69, 9.17) is 5.73 Å². The minimum atomic E-state index is -0.310. The molecule has 2 saturated heterocycles. The van der Waals surface area contributed by atoms with Gasteiger partial charge in [0.15, 0.2) is 0 Å². The molecule has 0 aliphatic carbocycles. The van der Waals surface area contributed by atoms with Crippen molar-refractivity contribution in [2.45, 2.75) is 38.3 Å². The second-order valence-corrected chi connectivity index (χ2v) is 5.82. The Morgan fingerprint density at radius 2 is 2.11 bits per heavy atom. The number of hydrogen-bond acceptors (Lipinski definition) is 3. The summed E-state index contributed by atoms with van der Waals surface area (Å²) < 4.78 is 13.5. The summed E-state index contributed by atoms with van der Waals surface area (Å²) in [7, 11) is 0. The van der Waals surface area contributed by atoms with Crippen LogP contribution in [0.25, 0.3) is 0 Å². The number of benzene rings is 1. The quantitative estimate of drug-likeness (QED) is 0.832. The molecule has 0 unspecified atom stereocenters. The summed E-state index contributed by atoms with van der Waals surface area (Å²) in [4.78, 5) is 4.89. The standard InChI is InChI=1S/C15H22FN3/c1-11-3-2-7-19(11)13-6-8-18(10-13)12-4-5-15(17)14(16)9-12/h4-5,9,11,13H,2-3,6-8,10,17H2,1H3/t11-,13+/m0/s1. The van der Waals surface area contributed by atoms with E-state index in [1.807, 2.05) is 6.07 Å². The molecule has 2 aliphatic heterocycles. The molecule has 0 spiro atoms. The Kier molecular flexibility index (Phi) is 3.35. The van der Waals surface area contributed by atoms with Crippen LogP contribution in [0.4, 0.5) is 15.8 Å². The van der Waals surface area contributed by atoms with Gasteiger partial charge in [-0.25, -0.2) is 4.39 Å². The lowest BCUT2D eigenvalue weighted by atomic mass is 10.2. The van der Waals surface area contributed by atoms with Gasteiger partial charge in [0.25, 0.3) is 0 Å². The first kappa shape index (κ1) is 12.7. The van der Waals surface area contributed by atoms with Crippen molar-refractivity contribution in [2.75, 3.05) is 30.3 Å². The lowest BCUT2D eigenvalue weighted by molar-refractivity contribution is 0.204. The molecule has 4 heteroatoms. The van der Waals surface area contributed by atoms with E-state index >= 15 is 0 Å². The molecule has 2 atom stereocenters. The van der Waals surface area contributed by atoms with Gasteiger partial charge in [-0.1, -0.05) is 0 Å². The average molecular weight is 263 g/mol. The zero-order valence-electron chi connectivity index (χ0n) is 11.5. The van der Waals surface area contributed by atoms with E-state index in [-0.39, 0.29) is 11.5 Å². The third-order valence-corrected chi connectivity index (χ3v) is 4.59. The third-order valence-electron chi connectivity index (χ3n) is 4.59. The summed E-state index contributed by atoms with van der Waals surface area (Å²) in [6.45, 7) is 5.55. The third kappa shape index (κ3) is 2.41. The van der Waals surface area contributed by atoms with Gasteiger partial charge in [-0.15, -0.1) is 0 Å². The van der Waals surface area contributed by atoms with Gasteiger partial charge >= 0.3 is 0 Å². The van der Waals surface area contributed by atoms with Crippen LogP contribution >= 0.6 is 0 Å². The number of nitrogen functional groups attached to an aromatic ring is 1. The number of rotatable bonds is 2. The van der Waals surface area contributed by atoms with Crippen molar-refractivity contribution in [3.8, 4) is 0 Å². The molecule has 0 bridgehead atoms. The van der Waals surface area contributed by atoms with E-state index in [0.717, 1.165) is 18.8 Å². The maximum atomic E-state index is 13.5. The van der Waals surface area contributed by atoms with Gasteiger partial charge in [0, 0.05) is 30.9 Å². The van der Waals surface area contributed by atoms with Crippen molar-refractivity contribution in [2.24, 2.45) is 0 Å². The second kappa shape index (κ2) is 5.00. The fourth-order valence-electron chi connectivity index (χ4n) is 3.46. The molecular formula is C15H22FN3. The largest absolute Gasteiger partial charge is 0.396 e. The van der Waals surface area contributed by atoms with Crippen molar-refractivity contribution in [1.82, 2.24) is 4.90 Å². The normalized spacial score (nSPS) is 28.2. The van der Waals surface area contributed by atoms with Crippen molar-refractivity contribution < 1.29 is 4.39 Å². The highest BCUT2D eigenvalue weighted by Crippen LogP contribution is 2.29. The second-order valence-electron chi connectivity index (χ2n) is 5.82. The Morgan fingerprint density at radius 3 is 2.79 bits per heavy atom. The Balaban J connectivity index is 1.69. The summed E-state index contributed by atoms with van der Waals surface area (Å²) in [5, 5.41) is 0. The predicted molar refractivity (Wildman–Crippen MR) is 76.8 cm³/mol. The number of anilines is 2. The molecule has 1 aromatic carbocycles. The van der Waals surface area contributed by atoms with Gasteiger partial charge in [-0.3, -0.25) is 4.90 Å². The highest BCUT2D eigenvalue weighted by molar-refractivity contribution is 5.54. The van der Waals surface area contributed by atoms with Gasteiger partial charge < -0.3 is 10.6 Å². The number of halogens is 1. The predicted octanol–water partition coefficient (Wildman–Crippen LogP) is 2.47. The van der Waals surface area contributed by atoms with Gasteiger partial charge in [0.2, 0.25) is 0 Å². The molecule has 3 rings (SSSR count). The van der Waals surface area contributed by atoms with Crippen LogP contribution in [0, 0.1) is 5.82 Å². The molecule has 0 aromatic heterocycles. The average Bonchev–Trinajstić information content (AvgIpc) is 3.01. The van der Waals surface area contributed by atoms with E-state index in [9.17, 15) is 4.39 Å². The lowest BCUT2D eigenvalue weighted by Crippen LogP contribution is -2.39. The number of nitrogens with zero attached hydrogens (tertiary/aromatic N) is 2. The minimum absolute atomic E-state index is 0.229. The number of nitrogens with two attached hydrogens (primary N) is 1. The zero-order chi connectivity index (χ0) is 13.4. The van der Waals surface area contributed by atoms with E-state index in [1.165, 1.54) is 25.8 Å². The molecule has 2 fully saturated rings. The fourth-order valence-corrected chi connectivity index (χ4v) is 3.46. The van der Waals surface area contributed by atoms with Gasteiger partial charge in [0.05, 0.1) is 5.69 Å². The molecule has 0 amide bonds. The van der Waals surface area contributed by atoms with Crippen molar-refractivity contribution in [3.63, 3.8) is 0 Å². The monoisotopic (exact) mass is 263 g/mol. The molecule has 0 saturated carbocycles. The van der Waals surface area contributed by atoms with Gasteiger partial charge in [-0.2, -0.15) is 0 Å². The molecule has 2 N–H and O–H groups in total. The summed E-state index contributed by atoms with van der Waals surface area (Å²) in [5.41, 5.74) is 6.72. The molecule has 104 valence electrons. The first-order valence-electron chi connectivity index (χ1n) is 7.21. The Bertz CT molecular complexity index is 463. The maximum absolute atomic E-state index is 13.5. The first-order chi connectivity index (χ1) is 9.15. The Morgan fingerprint density at radius 1 is 1.26 bits per heavy atom. The van der Waals surface area contributed by atoms with E-state index in [1.54, 1.807) is 12.1 Å². The van der Waals surface area contributed by atoms with Crippen LogP contribution in [0.2, 0.25) is 0 Å². The van der Waals surface area contributed by atoms with Crippen LogP contribution in [-0.2, 0) is 0 Å². The minimum Gasteiger partial charge on any atom is -0.396 e. The highest BCUT2D eigenvalue weighted by Gasteiger charge is 2.32. The zero-order valence-corrected chi connectivity index (χ0v) is 11.5. The molecule has 1 aromatic rings. The molecule has 0 radical (unpaired) electrons. The topological polar surface area (TPSA) is 32.5 Å². The van der Waals surface area contributed by atoms with Crippen LogP contribution < -0.4 is 10.6 Å².